The van der Waals surface area contributed by atoms with Gasteiger partial charge < -0.3 is 15.0 Å². The predicted octanol–water partition coefficient (Wildman–Crippen LogP) is 1.64. The Balaban J connectivity index is 2.15. The van der Waals surface area contributed by atoms with Gasteiger partial charge in [0.05, 0.1) is 24.0 Å². The van der Waals surface area contributed by atoms with Crippen LogP contribution in [0.1, 0.15) is 31.9 Å². The van der Waals surface area contributed by atoms with Crippen LogP contribution in [0.2, 0.25) is 0 Å². The number of carbonyl (C=O) groups is 2. The Morgan fingerprint density at radius 2 is 2.24 bits per heavy atom. The van der Waals surface area contributed by atoms with Crippen molar-refractivity contribution in [2.24, 2.45) is 0 Å². The van der Waals surface area contributed by atoms with E-state index >= 15 is 0 Å². The molecular formula is C14H16N4O3. The van der Waals surface area contributed by atoms with E-state index in [1.54, 1.807) is 20.8 Å². The predicted molar refractivity (Wildman–Crippen MR) is 74.2 cm³/mol. The number of hydrogen-bond acceptors (Lipinski definition) is 5. The zero-order valence-electron chi connectivity index (χ0n) is 12.1. The molecule has 1 N–H and O–H groups in total. The maximum atomic E-state index is 12.0. The van der Waals surface area contributed by atoms with Crippen molar-refractivity contribution in [1.82, 2.24) is 9.88 Å². The summed E-state index contributed by atoms with van der Waals surface area (Å²) in [5.41, 5.74) is 0.917. The average Bonchev–Trinajstić information content (AvgIpc) is 2.36. The molecule has 2 amide bonds. The van der Waals surface area contributed by atoms with Crippen molar-refractivity contribution < 1.29 is 14.3 Å². The van der Waals surface area contributed by atoms with Gasteiger partial charge in [0.1, 0.15) is 18.2 Å². The standard InChI is InChI=1S/C14H16N4O3/c1-14(2,3)21-12(19)8-18-7-10-9(4-15)5-16-6-11(10)17-13(18)20/h5-6H,7-8H2,1-3H3,(H,17,20). The number of rotatable bonds is 2. The highest BCUT2D eigenvalue weighted by Crippen LogP contribution is 2.25. The second kappa shape index (κ2) is 5.40. The summed E-state index contributed by atoms with van der Waals surface area (Å²) in [5.74, 6) is -0.492. The summed E-state index contributed by atoms with van der Waals surface area (Å²) >= 11 is 0. The highest BCUT2D eigenvalue weighted by molar-refractivity contribution is 5.94. The van der Waals surface area contributed by atoms with E-state index in [9.17, 15) is 9.59 Å². The van der Waals surface area contributed by atoms with Crippen LogP contribution in [0.3, 0.4) is 0 Å². The maximum Gasteiger partial charge on any atom is 0.326 e. The number of carbonyl (C=O) groups excluding carboxylic acids is 2. The molecule has 110 valence electrons. The second-order valence-electron chi connectivity index (χ2n) is 5.70. The molecule has 0 fully saturated rings. The van der Waals surface area contributed by atoms with E-state index in [0.717, 1.165) is 0 Å². The molecule has 2 rings (SSSR count). The number of nitrogens with zero attached hydrogens (tertiary/aromatic N) is 3. The molecule has 0 spiro atoms. The van der Waals surface area contributed by atoms with Gasteiger partial charge in [0.2, 0.25) is 0 Å². The van der Waals surface area contributed by atoms with E-state index in [2.05, 4.69) is 10.3 Å². The Labute approximate surface area is 122 Å². The van der Waals surface area contributed by atoms with Crippen LogP contribution in [0.25, 0.3) is 0 Å². The molecule has 0 radical (unpaired) electrons. The van der Waals surface area contributed by atoms with Gasteiger partial charge in [0, 0.05) is 11.8 Å². The van der Waals surface area contributed by atoms with E-state index in [0.29, 0.717) is 16.8 Å². The molecule has 0 atom stereocenters. The molecule has 0 bridgehead atoms. The van der Waals surface area contributed by atoms with Gasteiger partial charge in [-0.3, -0.25) is 9.78 Å². The SMILES string of the molecule is CC(C)(C)OC(=O)CN1Cc2c(C#N)cncc2NC1=O. The van der Waals surface area contributed by atoms with Crippen LogP contribution in [0.5, 0.6) is 0 Å². The molecule has 0 aromatic carbocycles. The molecule has 0 saturated heterocycles. The lowest BCUT2D eigenvalue weighted by Gasteiger charge is -2.30. The van der Waals surface area contributed by atoms with Crippen molar-refractivity contribution in [3.8, 4) is 6.07 Å². The molecule has 1 aliphatic rings. The summed E-state index contributed by atoms with van der Waals surface area (Å²) in [6, 6.07) is 1.61. The van der Waals surface area contributed by atoms with Crippen LogP contribution < -0.4 is 5.32 Å². The van der Waals surface area contributed by atoms with Crippen molar-refractivity contribution in [3.05, 3.63) is 23.5 Å². The van der Waals surface area contributed by atoms with Gasteiger partial charge in [0.25, 0.3) is 0 Å². The first-order valence-electron chi connectivity index (χ1n) is 6.45. The Bertz CT molecular complexity index is 628. The van der Waals surface area contributed by atoms with Crippen LogP contribution >= 0.6 is 0 Å². The fraction of sp³-hybridized carbons (Fsp3) is 0.429. The molecule has 2 heterocycles. The molecule has 1 aromatic rings. The zero-order valence-corrected chi connectivity index (χ0v) is 12.1. The number of ether oxygens (including phenoxy) is 1. The van der Waals surface area contributed by atoms with Crippen LogP contribution in [-0.4, -0.2) is 34.0 Å². The first-order valence-corrected chi connectivity index (χ1v) is 6.45. The quantitative estimate of drug-likeness (QED) is 0.835. The summed E-state index contributed by atoms with van der Waals surface area (Å²) in [6.45, 7) is 5.28. The largest absolute Gasteiger partial charge is 0.459 e. The van der Waals surface area contributed by atoms with E-state index in [4.69, 9.17) is 10.00 Å². The van der Waals surface area contributed by atoms with Crippen LogP contribution in [0.15, 0.2) is 12.4 Å². The summed E-state index contributed by atoms with van der Waals surface area (Å²) in [5, 5.41) is 11.7. The monoisotopic (exact) mass is 288 g/mol. The Morgan fingerprint density at radius 3 is 2.86 bits per heavy atom. The van der Waals surface area contributed by atoms with Crippen molar-refractivity contribution in [2.45, 2.75) is 32.9 Å². The smallest absolute Gasteiger partial charge is 0.326 e. The van der Waals surface area contributed by atoms with Gasteiger partial charge in [-0.2, -0.15) is 5.26 Å². The molecular weight excluding hydrogens is 272 g/mol. The van der Waals surface area contributed by atoms with Gasteiger partial charge in [0.15, 0.2) is 0 Å². The lowest BCUT2D eigenvalue weighted by atomic mass is 10.1. The minimum atomic E-state index is -0.608. The minimum absolute atomic E-state index is 0.171. The number of anilines is 1. The molecule has 7 heteroatoms. The van der Waals surface area contributed by atoms with E-state index in [1.165, 1.54) is 17.3 Å². The second-order valence-corrected chi connectivity index (χ2v) is 5.70. The first kappa shape index (κ1) is 14.8. The first-order chi connectivity index (χ1) is 9.80. The highest BCUT2D eigenvalue weighted by Gasteiger charge is 2.28. The van der Waals surface area contributed by atoms with E-state index in [1.807, 2.05) is 6.07 Å². The number of pyridine rings is 1. The summed E-state index contributed by atoms with van der Waals surface area (Å²) in [4.78, 5) is 29.0. The Hall–Kier alpha value is -2.62. The van der Waals surface area contributed by atoms with Gasteiger partial charge >= 0.3 is 12.0 Å². The number of aromatic nitrogens is 1. The third kappa shape index (κ3) is 3.48. The van der Waals surface area contributed by atoms with Crippen molar-refractivity contribution in [2.75, 3.05) is 11.9 Å². The number of urea groups is 1. The maximum absolute atomic E-state index is 12.0. The molecule has 1 aromatic heterocycles. The topological polar surface area (TPSA) is 95.3 Å². The van der Waals surface area contributed by atoms with Crippen LogP contribution in [-0.2, 0) is 16.1 Å². The van der Waals surface area contributed by atoms with Crippen molar-refractivity contribution >= 4 is 17.7 Å². The number of hydrogen-bond donors (Lipinski definition) is 1. The highest BCUT2D eigenvalue weighted by atomic mass is 16.6. The number of nitriles is 1. The molecule has 7 nitrogen and oxygen atoms in total. The minimum Gasteiger partial charge on any atom is -0.459 e. The third-order valence-corrected chi connectivity index (χ3v) is 2.80. The average molecular weight is 288 g/mol. The summed E-state index contributed by atoms with van der Waals surface area (Å²) < 4.78 is 5.20. The van der Waals surface area contributed by atoms with Crippen molar-refractivity contribution in [3.63, 3.8) is 0 Å². The van der Waals surface area contributed by atoms with E-state index < -0.39 is 17.6 Å². The number of fused-ring (bicyclic) bond motifs is 1. The van der Waals surface area contributed by atoms with Gasteiger partial charge in [-0.15, -0.1) is 0 Å². The van der Waals surface area contributed by atoms with E-state index in [-0.39, 0.29) is 13.1 Å². The lowest BCUT2D eigenvalue weighted by molar-refractivity contribution is -0.155. The van der Waals surface area contributed by atoms with Crippen LogP contribution in [0.4, 0.5) is 10.5 Å². The molecule has 0 unspecified atom stereocenters. The van der Waals surface area contributed by atoms with Gasteiger partial charge in [-0.1, -0.05) is 0 Å². The van der Waals surface area contributed by atoms with Gasteiger partial charge in [-0.05, 0) is 20.8 Å². The Morgan fingerprint density at radius 1 is 1.52 bits per heavy atom. The number of nitrogens with one attached hydrogen (secondary N) is 1. The number of amides is 2. The van der Waals surface area contributed by atoms with Crippen LogP contribution in [0, 0.1) is 11.3 Å². The van der Waals surface area contributed by atoms with Crippen molar-refractivity contribution in [1.29, 1.82) is 5.26 Å². The number of esters is 1. The third-order valence-electron chi connectivity index (χ3n) is 2.80. The lowest BCUT2D eigenvalue weighted by Crippen LogP contribution is -2.43. The summed E-state index contributed by atoms with van der Waals surface area (Å²) in [7, 11) is 0. The molecule has 1 aliphatic heterocycles. The molecule has 0 aliphatic carbocycles. The normalized spacial score (nSPS) is 14.0. The summed E-state index contributed by atoms with van der Waals surface area (Å²) in [6.07, 6.45) is 2.92. The molecule has 0 saturated carbocycles. The fourth-order valence-corrected chi connectivity index (χ4v) is 1.98. The Kier molecular flexibility index (Phi) is 3.80. The molecule has 21 heavy (non-hydrogen) atoms. The fourth-order valence-electron chi connectivity index (χ4n) is 1.98. The zero-order chi connectivity index (χ0) is 15.6. The van der Waals surface area contributed by atoms with Gasteiger partial charge in [-0.25, -0.2) is 4.79 Å².